The van der Waals surface area contributed by atoms with Crippen LogP contribution in [-0.4, -0.2) is 45.5 Å². The highest BCUT2D eigenvalue weighted by molar-refractivity contribution is 7.99. The Morgan fingerprint density at radius 2 is 1.97 bits per heavy atom. The van der Waals surface area contributed by atoms with Crippen molar-refractivity contribution >= 4 is 40.3 Å². The standard InChI is InChI=1S/C22H26N4O2S/c1-4-11-26(13-20(27)23-17-8-6-5-7-16(17)3)21(28)14-29-22-24-18-10-9-15(2)12-19(18)25-22/h5-10,12H,4,11,13-14H2,1-3H3,(H,23,27)(H,24,25). The second-order valence-electron chi connectivity index (χ2n) is 7.03. The molecule has 0 aliphatic rings. The maximum atomic E-state index is 12.7. The number of hydrogen-bond donors (Lipinski definition) is 2. The summed E-state index contributed by atoms with van der Waals surface area (Å²) in [4.78, 5) is 34.5. The fourth-order valence-electron chi connectivity index (χ4n) is 3.03. The van der Waals surface area contributed by atoms with Gasteiger partial charge in [-0.2, -0.15) is 0 Å². The molecular weight excluding hydrogens is 384 g/mol. The van der Waals surface area contributed by atoms with Crippen LogP contribution in [0.5, 0.6) is 0 Å². The van der Waals surface area contributed by atoms with Gasteiger partial charge in [-0.15, -0.1) is 0 Å². The molecule has 2 N–H and O–H groups in total. The zero-order valence-electron chi connectivity index (χ0n) is 17.0. The molecule has 2 aromatic carbocycles. The van der Waals surface area contributed by atoms with Crippen molar-refractivity contribution in [2.24, 2.45) is 0 Å². The summed E-state index contributed by atoms with van der Waals surface area (Å²) in [5.74, 6) is -0.0325. The van der Waals surface area contributed by atoms with E-state index in [1.54, 1.807) is 4.90 Å². The van der Waals surface area contributed by atoms with Gasteiger partial charge >= 0.3 is 0 Å². The van der Waals surface area contributed by atoms with Crippen LogP contribution in [0.25, 0.3) is 11.0 Å². The molecule has 0 fully saturated rings. The van der Waals surface area contributed by atoms with Crippen molar-refractivity contribution in [3.05, 3.63) is 53.6 Å². The number of thioether (sulfide) groups is 1. The maximum Gasteiger partial charge on any atom is 0.244 e. The number of nitrogens with zero attached hydrogens (tertiary/aromatic N) is 2. The summed E-state index contributed by atoms with van der Waals surface area (Å²) in [6.07, 6.45) is 0.790. The first-order valence-corrected chi connectivity index (χ1v) is 10.7. The van der Waals surface area contributed by atoms with E-state index >= 15 is 0 Å². The number of anilines is 1. The molecule has 0 spiro atoms. The van der Waals surface area contributed by atoms with Gasteiger partial charge in [0.15, 0.2) is 5.16 Å². The van der Waals surface area contributed by atoms with Gasteiger partial charge in [0, 0.05) is 12.2 Å². The van der Waals surface area contributed by atoms with Crippen molar-refractivity contribution < 1.29 is 9.59 Å². The van der Waals surface area contributed by atoms with Gasteiger partial charge in [0.2, 0.25) is 11.8 Å². The highest BCUT2D eigenvalue weighted by Gasteiger charge is 2.18. The van der Waals surface area contributed by atoms with Crippen LogP contribution in [-0.2, 0) is 9.59 Å². The number of aromatic amines is 1. The van der Waals surface area contributed by atoms with E-state index in [9.17, 15) is 9.59 Å². The van der Waals surface area contributed by atoms with Crippen LogP contribution in [0.1, 0.15) is 24.5 Å². The Labute approximate surface area is 175 Å². The third kappa shape index (κ3) is 5.60. The Kier molecular flexibility index (Phi) is 6.93. The topological polar surface area (TPSA) is 78.1 Å². The number of benzene rings is 2. The van der Waals surface area contributed by atoms with Crippen LogP contribution in [0, 0.1) is 13.8 Å². The number of fused-ring (bicyclic) bond motifs is 1. The highest BCUT2D eigenvalue weighted by atomic mass is 32.2. The molecule has 6 nitrogen and oxygen atoms in total. The van der Waals surface area contributed by atoms with Crippen LogP contribution in [0.2, 0.25) is 0 Å². The van der Waals surface area contributed by atoms with Gasteiger partial charge in [-0.05, 0) is 49.6 Å². The number of hydrogen-bond acceptors (Lipinski definition) is 4. The van der Waals surface area contributed by atoms with Gasteiger partial charge in [0.1, 0.15) is 0 Å². The van der Waals surface area contributed by atoms with E-state index in [1.165, 1.54) is 11.8 Å². The number of rotatable bonds is 8. The molecule has 7 heteroatoms. The first kappa shape index (κ1) is 20.9. The van der Waals surface area contributed by atoms with Crippen molar-refractivity contribution in [1.82, 2.24) is 14.9 Å². The number of H-pyrrole nitrogens is 1. The molecule has 2 amide bonds. The smallest absolute Gasteiger partial charge is 0.244 e. The fraction of sp³-hybridized carbons (Fsp3) is 0.318. The van der Waals surface area contributed by atoms with E-state index in [4.69, 9.17) is 0 Å². The quantitative estimate of drug-likeness (QED) is 0.547. The van der Waals surface area contributed by atoms with Gasteiger partial charge in [-0.3, -0.25) is 9.59 Å². The Hall–Kier alpha value is -2.80. The minimum absolute atomic E-state index is 0.0426. The largest absolute Gasteiger partial charge is 0.333 e. The van der Waals surface area contributed by atoms with Crippen molar-refractivity contribution in [1.29, 1.82) is 0 Å². The van der Waals surface area contributed by atoms with E-state index in [1.807, 2.05) is 63.2 Å². The van der Waals surface area contributed by atoms with Crippen LogP contribution in [0.4, 0.5) is 5.69 Å². The van der Waals surface area contributed by atoms with E-state index in [0.29, 0.717) is 11.7 Å². The first-order valence-electron chi connectivity index (χ1n) is 9.68. The minimum Gasteiger partial charge on any atom is -0.333 e. The van der Waals surface area contributed by atoms with E-state index < -0.39 is 0 Å². The normalized spacial score (nSPS) is 10.9. The Morgan fingerprint density at radius 3 is 2.72 bits per heavy atom. The molecule has 0 aliphatic heterocycles. The summed E-state index contributed by atoms with van der Waals surface area (Å²) in [5.41, 5.74) is 4.76. The molecule has 0 aliphatic carbocycles. The van der Waals surface area contributed by atoms with Crippen LogP contribution < -0.4 is 5.32 Å². The number of aromatic nitrogens is 2. The summed E-state index contributed by atoms with van der Waals surface area (Å²) < 4.78 is 0. The molecule has 0 bridgehead atoms. The molecule has 3 rings (SSSR count). The molecule has 29 heavy (non-hydrogen) atoms. The zero-order valence-corrected chi connectivity index (χ0v) is 17.8. The van der Waals surface area contributed by atoms with Gasteiger partial charge in [-0.1, -0.05) is 43.0 Å². The summed E-state index contributed by atoms with van der Waals surface area (Å²) in [6, 6.07) is 13.6. The molecule has 0 unspecified atom stereocenters. The molecule has 0 saturated heterocycles. The minimum atomic E-state index is -0.190. The number of imidazole rings is 1. The van der Waals surface area contributed by atoms with Gasteiger partial charge in [0.25, 0.3) is 0 Å². The number of amides is 2. The van der Waals surface area contributed by atoms with Crippen molar-refractivity contribution in [2.75, 3.05) is 24.2 Å². The lowest BCUT2D eigenvalue weighted by molar-refractivity contribution is -0.132. The SMILES string of the molecule is CCCN(CC(=O)Nc1ccccc1C)C(=O)CSc1nc2ccc(C)cc2[nH]1. The predicted octanol–water partition coefficient (Wildman–Crippen LogP) is 4.15. The number of aryl methyl sites for hydroxylation is 2. The molecule has 0 radical (unpaired) electrons. The third-order valence-electron chi connectivity index (χ3n) is 4.55. The molecular formula is C22H26N4O2S. The number of nitrogens with one attached hydrogen (secondary N) is 2. The monoisotopic (exact) mass is 410 g/mol. The lowest BCUT2D eigenvalue weighted by Crippen LogP contribution is -2.39. The Bertz CT molecular complexity index is 1010. The van der Waals surface area contributed by atoms with Gasteiger partial charge < -0.3 is 15.2 Å². The molecule has 1 aromatic heterocycles. The van der Waals surface area contributed by atoms with Crippen molar-refractivity contribution in [2.45, 2.75) is 32.3 Å². The predicted molar refractivity (Wildman–Crippen MR) is 118 cm³/mol. The molecule has 152 valence electrons. The first-order chi connectivity index (χ1) is 14.0. The number of carbonyl (C=O) groups is 2. The summed E-state index contributed by atoms with van der Waals surface area (Å²) in [6.45, 7) is 6.55. The second kappa shape index (κ2) is 9.60. The van der Waals surface area contributed by atoms with E-state index in [0.717, 1.165) is 34.3 Å². The molecule has 0 atom stereocenters. The lowest BCUT2D eigenvalue weighted by Gasteiger charge is -2.21. The zero-order chi connectivity index (χ0) is 20.8. The van der Waals surface area contributed by atoms with E-state index in [2.05, 4.69) is 15.3 Å². The van der Waals surface area contributed by atoms with Gasteiger partial charge in [-0.25, -0.2) is 4.98 Å². The van der Waals surface area contributed by atoms with Crippen LogP contribution in [0.3, 0.4) is 0 Å². The third-order valence-corrected chi connectivity index (χ3v) is 5.41. The second-order valence-corrected chi connectivity index (χ2v) is 7.99. The molecule has 0 saturated carbocycles. The fourth-order valence-corrected chi connectivity index (χ4v) is 3.82. The average Bonchev–Trinajstić information content (AvgIpc) is 3.09. The summed E-state index contributed by atoms with van der Waals surface area (Å²) >= 11 is 1.36. The van der Waals surface area contributed by atoms with Crippen LogP contribution in [0.15, 0.2) is 47.6 Å². The Balaban J connectivity index is 1.59. The summed E-state index contributed by atoms with van der Waals surface area (Å²) in [7, 11) is 0. The van der Waals surface area contributed by atoms with Crippen molar-refractivity contribution in [3.63, 3.8) is 0 Å². The highest BCUT2D eigenvalue weighted by Crippen LogP contribution is 2.21. The maximum absolute atomic E-state index is 12.7. The van der Waals surface area contributed by atoms with E-state index in [-0.39, 0.29) is 24.1 Å². The summed E-state index contributed by atoms with van der Waals surface area (Å²) in [5, 5.41) is 3.60. The molecule has 3 aromatic rings. The number of carbonyl (C=O) groups excluding carboxylic acids is 2. The number of para-hydroxylation sites is 1. The van der Waals surface area contributed by atoms with Gasteiger partial charge in [0.05, 0.1) is 23.3 Å². The van der Waals surface area contributed by atoms with Crippen LogP contribution >= 0.6 is 11.8 Å². The average molecular weight is 411 g/mol. The lowest BCUT2D eigenvalue weighted by atomic mass is 10.2. The van der Waals surface area contributed by atoms with Crippen molar-refractivity contribution in [3.8, 4) is 0 Å². The Morgan fingerprint density at radius 1 is 1.17 bits per heavy atom. The molecule has 1 heterocycles.